The fourth-order valence-corrected chi connectivity index (χ4v) is 1.73. The van der Waals surface area contributed by atoms with Crippen LogP contribution in [0.4, 0.5) is 5.82 Å². The molecule has 0 bridgehead atoms. The van der Waals surface area contributed by atoms with E-state index in [2.05, 4.69) is 46.2 Å². The standard InChI is InChI=1S/C12H20N6/c1-8(2)17(4)7-10-15-11(13-3)9-6-14-18(5)12(9)16-10/h6,8H,7H2,1-5H3,(H,13,15,16). The molecule has 98 valence electrons. The average molecular weight is 248 g/mol. The highest BCUT2D eigenvalue weighted by molar-refractivity contribution is 5.86. The molecule has 0 fully saturated rings. The maximum Gasteiger partial charge on any atom is 0.163 e. The van der Waals surface area contributed by atoms with Crippen LogP contribution in [0.15, 0.2) is 6.20 Å². The molecular weight excluding hydrogens is 228 g/mol. The monoisotopic (exact) mass is 248 g/mol. The summed E-state index contributed by atoms with van der Waals surface area (Å²) in [5.41, 5.74) is 0.863. The molecule has 6 heteroatoms. The van der Waals surface area contributed by atoms with Gasteiger partial charge >= 0.3 is 0 Å². The van der Waals surface area contributed by atoms with Crippen molar-refractivity contribution >= 4 is 16.9 Å². The third kappa shape index (κ3) is 2.28. The molecule has 2 heterocycles. The van der Waals surface area contributed by atoms with Crippen molar-refractivity contribution in [1.29, 1.82) is 0 Å². The summed E-state index contributed by atoms with van der Waals surface area (Å²) in [6.07, 6.45) is 1.79. The Morgan fingerprint density at radius 1 is 1.39 bits per heavy atom. The molecular formula is C12H20N6. The summed E-state index contributed by atoms with van der Waals surface area (Å²) in [5.74, 6) is 1.65. The van der Waals surface area contributed by atoms with Gasteiger partial charge in [-0.15, -0.1) is 0 Å². The first kappa shape index (κ1) is 12.8. The molecule has 0 radical (unpaired) electrons. The van der Waals surface area contributed by atoms with Crippen LogP contribution in [-0.4, -0.2) is 44.8 Å². The lowest BCUT2D eigenvalue weighted by atomic mass is 10.3. The lowest BCUT2D eigenvalue weighted by molar-refractivity contribution is 0.259. The normalized spacial score (nSPS) is 11.7. The van der Waals surface area contributed by atoms with Gasteiger partial charge in [0.25, 0.3) is 0 Å². The van der Waals surface area contributed by atoms with Gasteiger partial charge in [-0.3, -0.25) is 9.58 Å². The first-order valence-electron chi connectivity index (χ1n) is 6.09. The van der Waals surface area contributed by atoms with Gasteiger partial charge in [0.05, 0.1) is 18.1 Å². The Bertz CT molecular complexity index is 545. The molecule has 0 unspecified atom stereocenters. The van der Waals surface area contributed by atoms with Crippen molar-refractivity contribution in [2.24, 2.45) is 7.05 Å². The van der Waals surface area contributed by atoms with Gasteiger partial charge in [0, 0.05) is 20.1 Å². The lowest BCUT2D eigenvalue weighted by Crippen LogP contribution is -2.26. The minimum atomic E-state index is 0.467. The van der Waals surface area contributed by atoms with Crippen LogP contribution in [0.25, 0.3) is 11.0 Å². The molecule has 0 aliphatic heterocycles. The molecule has 0 spiro atoms. The summed E-state index contributed by atoms with van der Waals surface area (Å²) < 4.78 is 1.77. The Morgan fingerprint density at radius 3 is 2.72 bits per heavy atom. The van der Waals surface area contributed by atoms with Crippen molar-refractivity contribution in [1.82, 2.24) is 24.6 Å². The zero-order chi connectivity index (χ0) is 13.3. The molecule has 2 aromatic rings. The topological polar surface area (TPSA) is 58.9 Å². The summed E-state index contributed by atoms with van der Waals surface area (Å²) in [5, 5.41) is 8.28. The first-order chi connectivity index (χ1) is 8.52. The fraction of sp³-hybridized carbons (Fsp3) is 0.583. The number of rotatable bonds is 4. The molecule has 0 aliphatic carbocycles. The van der Waals surface area contributed by atoms with Crippen molar-refractivity contribution in [2.45, 2.75) is 26.4 Å². The number of hydrogen-bond acceptors (Lipinski definition) is 5. The van der Waals surface area contributed by atoms with Gasteiger partial charge in [-0.25, -0.2) is 9.97 Å². The van der Waals surface area contributed by atoms with E-state index < -0.39 is 0 Å². The number of nitrogens with one attached hydrogen (secondary N) is 1. The Hall–Kier alpha value is -1.69. The van der Waals surface area contributed by atoms with Crippen LogP contribution >= 0.6 is 0 Å². The van der Waals surface area contributed by atoms with E-state index in [1.54, 1.807) is 10.9 Å². The number of hydrogen-bond donors (Lipinski definition) is 1. The first-order valence-corrected chi connectivity index (χ1v) is 6.09. The van der Waals surface area contributed by atoms with Crippen molar-refractivity contribution in [3.8, 4) is 0 Å². The van der Waals surface area contributed by atoms with Crippen LogP contribution in [0.3, 0.4) is 0 Å². The SMILES string of the molecule is CNc1nc(CN(C)C(C)C)nc2c1cnn2C. The number of fused-ring (bicyclic) bond motifs is 1. The highest BCUT2D eigenvalue weighted by Crippen LogP contribution is 2.19. The van der Waals surface area contributed by atoms with E-state index in [0.29, 0.717) is 6.04 Å². The zero-order valence-corrected chi connectivity index (χ0v) is 11.6. The molecule has 0 saturated heterocycles. The smallest absolute Gasteiger partial charge is 0.163 e. The summed E-state index contributed by atoms with van der Waals surface area (Å²) in [6.45, 7) is 5.04. The third-order valence-electron chi connectivity index (χ3n) is 3.15. The maximum atomic E-state index is 4.57. The molecule has 0 saturated carbocycles. The highest BCUT2D eigenvalue weighted by Gasteiger charge is 2.12. The van der Waals surface area contributed by atoms with Crippen LogP contribution in [0.2, 0.25) is 0 Å². The fourth-order valence-electron chi connectivity index (χ4n) is 1.73. The van der Waals surface area contributed by atoms with Gasteiger partial charge < -0.3 is 5.32 Å². The molecule has 18 heavy (non-hydrogen) atoms. The van der Waals surface area contributed by atoms with Crippen molar-refractivity contribution in [2.75, 3.05) is 19.4 Å². The van der Waals surface area contributed by atoms with Gasteiger partial charge in [0.2, 0.25) is 0 Å². The Labute approximate surface area is 107 Å². The Balaban J connectivity index is 2.42. The van der Waals surface area contributed by atoms with E-state index in [4.69, 9.17) is 0 Å². The summed E-state index contributed by atoms with van der Waals surface area (Å²) in [4.78, 5) is 11.3. The summed E-state index contributed by atoms with van der Waals surface area (Å²) in [6, 6.07) is 0.467. The molecule has 2 rings (SSSR count). The quantitative estimate of drug-likeness (QED) is 0.882. The number of nitrogens with zero attached hydrogens (tertiary/aromatic N) is 5. The van der Waals surface area contributed by atoms with Gasteiger partial charge in [-0.2, -0.15) is 5.10 Å². The number of aromatic nitrogens is 4. The second kappa shape index (κ2) is 4.89. The maximum absolute atomic E-state index is 4.57. The highest BCUT2D eigenvalue weighted by atomic mass is 15.3. The average Bonchev–Trinajstić information content (AvgIpc) is 2.70. The van der Waals surface area contributed by atoms with Crippen molar-refractivity contribution < 1.29 is 0 Å². The van der Waals surface area contributed by atoms with Crippen LogP contribution in [0, 0.1) is 0 Å². The lowest BCUT2D eigenvalue weighted by Gasteiger charge is -2.20. The largest absolute Gasteiger partial charge is 0.372 e. The molecule has 0 amide bonds. The van der Waals surface area contributed by atoms with E-state index in [1.807, 2.05) is 14.1 Å². The predicted molar refractivity (Wildman–Crippen MR) is 72.5 cm³/mol. The van der Waals surface area contributed by atoms with E-state index in [9.17, 15) is 0 Å². The molecule has 0 aromatic carbocycles. The minimum absolute atomic E-state index is 0.467. The second-order valence-corrected chi connectivity index (χ2v) is 4.75. The molecule has 2 aromatic heterocycles. The molecule has 0 atom stereocenters. The molecule has 6 nitrogen and oxygen atoms in total. The van der Waals surface area contributed by atoms with Crippen molar-refractivity contribution in [3.05, 3.63) is 12.0 Å². The van der Waals surface area contributed by atoms with Gasteiger partial charge in [-0.1, -0.05) is 0 Å². The summed E-state index contributed by atoms with van der Waals surface area (Å²) >= 11 is 0. The number of anilines is 1. The predicted octanol–water partition coefficient (Wildman–Crippen LogP) is 1.25. The number of aryl methyl sites for hydroxylation is 1. The van der Waals surface area contributed by atoms with E-state index in [0.717, 1.165) is 29.2 Å². The minimum Gasteiger partial charge on any atom is -0.372 e. The van der Waals surface area contributed by atoms with Gasteiger partial charge in [0.1, 0.15) is 11.6 Å². The van der Waals surface area contributed by atoms with Crippen LogP contribution < -0.4 is 5.32 Å². The van der Waals surface area contributed by atoms with E-state index in [-0.39, 0.29) is 0 Å². The Kier molecular flexibility index (Phi) is 3.47. The third-order valence-corrected chi connectivity index (χ3v) is 3.15. The second-order valence-electron chi connectivity index (χ2n) is 4.75. The van der Waals surface area contributed by atoms with Gasteiger partial charge in [-0.05, 0) is 20.9 Å². The molecule has 0 aliphatic rings. The van der Waals surface area contributed by atoms with Crippen molar-refractivity contribution in [3.63, 3.8) is 0 Å². The Morgan fingerprint density at radius 2 is 2.11 bits per heavy atom. The van der Waals surface area contributed by atoms with E-state index >= 15 is 0 Å². The van der Waals surface area contributed by atoms with E-state index in [1.165, 1.54) is 0 Å². The molecule has 1 N–H and O–H groups in total. The summed E-state index contributed by atoms with van der Waals surface area (Å²) in [7, 11) is 5.83. The van der Waals surface area contributed by atoms with Gasteiger partial charge in [0.15, 0.2) is 5.65 Å². The van der Waals surface area contributed by atoms with Crippen LogP contribution in [0.5, 0.6) is 0 Å². The zero-order valence-electron chi connectivity index (χ0n) is 11.6. The van der Waals surface area contributed by atoms with Crippen LogP contribution in [-0.2, 0) is 13.6 Å². The van der Waals surface area contributed by atoms with Crippen LogP contribution in [0.1, 0.15) is 19.7 Å².